The SMILES string of the molecule is C1=CC2CC3C=Cc4cccc(c43)C2=C1. The summed E-state index contributed by atoms with van der Waals surface area (Å²) in [6, 6.07) is 6.70. The van der Waals surface area contributed by atoms with Crippen LogP contribution in [-0.4, -0.2) is 0 Å². The summed E-state index contributed by atoms with van der Waals surface area (Å²) in [5.74, 6) is 1.33. The van der Waals surface area contributed by atoms with Crippen molar-refractivity contribution in [2.75, 3.05) is 0 Å². The van der Waals surface area contributed by atoms with Gasteiger partial charge < -0.3 is 0 Å². The molecule has 72 valence electrons. The topological polar surface area (TPSA) is 0 Å². The molecule has 0 aliphatic heterocycles. The second-order valence-corrected chi connectivity index (χ2v) is 4.62. The van der Waals surface area contributed by atoms with E-state index in [-0.39, 0.29) is 0 Å². The Bertz CT molecular complexity index is 529. The zero-order chi connectivity index (χ0) is 9.83. The number of fused-ring (bicyclic) bond motifs is 2. The van der Waals surface area contributed by atoms with Crippen molar-refractivity contribution < 1.29 is 0 Å². The minimum absolute atomic E-state index is 0.667. The van der Waals surface area contributed by atoms with Crippen LogP contribution in [0.2, 0.25) is 0 Å². The molecule has 3 aliphatic carbocycles. The third-order valence-electron chi connectivity index (χ3n) is 3.86. The molecule has 15 heavy (non-hydrogen) atoms. The van der Waals surface area contributed by atoms with Crippen LogP contribution in [0.5, 0.6) is 0 Å². The van der Waals surface area contributed by atoms with Crippen molar-refractivity contribution in [1.29, 1.82) is 0 Å². The highest BCUT2D eigenvalue weighted by Gasteiger charge is 2.32. The van der Waals surface area contributed by atoms with E-state index in [0.29, 0.717) is 11.8 Å². The van der Waals surface area contributed by atoms with Crippen LogP contribution in [0.1, 0.15) is 29.0 Å². The average Bonchev–Trinajstić information content (AvgIpc) is 2.87. The Hall–Kier alpha value is -1.56. The molecule has 0 bridgehead atoms. The van der Waals surface area contributed by atoms with E-state index in [2.05, 4.69) is 48.6 Å². The van der Waals surface area contributed by atoms with Crippen molar-refractivity contribution in [2.24, 2.45) is 5.92 Å². The maximum Gasteiger partial charge on any atom is 0.00420 e. The Kier molecular flexibility index (Phi) is 1.29. The lowest BCUT2D eigenvalue weighted by Crippen LogP contribution is -2.12. The van der Waals surface area contributed by atoms with Gasteiger partial charge in [0.05, 0.1) is 0 Å². The van der Waals surface area contributed by atoms with Crippen LogP contribution in [0.3, 0.4) is 0 Å². The molecule has 3 aliphatic rings. The van der Waals surface area contributed by atoms with E-state index in [9.17, 15) is 0 Å². The molecule has 2 unspecified atom stereocenters. The molecule has 0 amide bonds. The van der Waals surface area contributed by atoms with Crippen LogP contribution in [0.15, 0.2) is 42.5 Å². The first kappa shape index (κ1) is 7.70. The highest BCUT2D eigenvalue weighted by atomic mass is 14.4. The first-order chi connectivity index (χ1) is 7.43. The maximum atomic E-state index is 2.37. The molecule has 4 rings (SSSR count). The van der Waals surface area contributed by atoms with E-state index in [1.54, 1.807) is 5.56 Å². The Morgan fingerprint density at radius 3 is 3.07 bits per heavy atom. The summed E-state index contributed by atoms with van der Waals surface area (Å²) in [5, 5.41) is 0. The standard InChI is InChI=1S/C15H12/c1-3-10-7-8-12-9-11-4-2-5-13(11)14(6-1)15(10)12/h1-8,11-12H,9H2. The summed E-state index contributed by atoms with van der Waals surface area (Å²) in [5.41, 5.74) is 6.03. The summed E-state index contributed by atoms with van der Waals surface area (Å²) < 4.78 is 0. The van der Waals surface area contributed by atoms with Crippen LogP contribution >= 0.6 is 0 Å². The molecule has 0 heterocycles. The lowest BCUT2D eigenvalue weighted by Gasteiger charge is -2.28. The summed E-state index contributed by atoms with van der Waals surface area (Å²) in [7, 11) is 0. The van der Waals surface area contributed by atoms with Gasteiger partial charge in [-0.15, -0.1) is 0 Å². The molecule has 1 aromatic rings. The molecule has 0 spiro atoms. The van der Waals surface area contributed by atoms with Crippen LogP contribution in [0, 0.1) is 5.92 Å². The fourth-order valence-corrected chi connectivity index (χ4v) is 3.20. The van der Waals surface area contributed by atoms with Crippen LogP contribution < -0.4 is 0 Å². The summed E-state index contributed by atoms with van der Waals surface area (Å²) in [6.07, 6.45) is 12.8. The molecule has 1 aromatic carbocycles. The zero-order valence-electron chi connectivity index (χ0n) is 8.48. The van der Waals surface area contributed by atoms with Gasteiger partial charge in [0, 0.05) is 11.8 Å². The van der Waals surface area contributed by atoms with Gasteiger partial charge in [-0.05, 0) is 28.7 Å². The first-order valence-electron chi connectivity index (χ1n) is 5.63. The third kappa shape index (κ3) is 0.872. The lowest BCUT2D eigenvalue weighted by molar-refractivity contribution is 0.649. The molecular weight excluding hydrogens is 180 g/mol. The highest BCUT2D eigenvalue weighted by Crippen LogP contribution is 2.49. The summed E-state index contributed by atoms with van der Waals surface area (Å²) in [4.78, 5) is 0. The molecule has 0 heteroatoms. The van der Waals surface area contributed by atoms with E-state index >= 15 is 0 Å². The molecular formula is C15H12. The second kappa shape index (κ2) is 2.52. The third-order valence-corrected chi connectivity index (χ3v) is 3.86. The predicted octanol–water partition coefficient (Wildman–Crippen LogP) is 3.77. The van der Waals surface area contributed by atoms with Crippen molar-refractivity contribution in [1.82, 2.24) is 0 Å². The van der Waals surface area contributed by atoms with Gasteiger partial charge in [0.15, 0.2) is 0 Å². The fourth-order valence-electron chi connectivity index (χ4n) is 3.20. The predicted molar refractivity (Wildman–Crippen MR) is 63.4 cm³/mol. The normalized spacial score (nSPS) is 28.9. The number of allylic oxidation sites excluding steroid dienone is 5. The fraction of sp³-hybridized carbons (Fsp3) is 0.200. The Morgan fingerprint density at radius 2 is 2.07 bits per heavy atom. The number of hydrogen-bond acceptors (Lipinski definition) is 0. The van der Waals surface area contributed by atoms with Crippen molar-refractivity contribution >= 4 is 11.6 Å². The maximum absolute atomic E-state index is 2.37. The van der Waals surface area contributed by atoms with E-state index in [0.717, 1.165) is 0 Å². The Labute approximate surface area is 89.6 Å². The monoisotopic (exact) mass is 192 g/mol. The van der Waals surface area contributed by atoms with Crippen molar-refractivity contribution in [3.63, 3.8) is 0 Å². The minimum Gasteiger partial charge on any atom is -0.0769 e. The minimum atomic E-state index is 0.667. The number of benzene rings is 1. The number of rotatable bonds is 0. The lowest BCUT2D eigenvalue weighted by atomic mass is 9.76. The Balaban J connectivity index is 2.04. The highest BCUT2D eigenvalue weighted by molar-refractivity contribution is 5.82. The van der Waals surface area contributed by atoms with Gasteiger partial charge in [0.1, 0.15) is 0 Å². The Morgan fingerprint density at radius 1 is 1.07 bits per heavy atom. The van der Waals surface area contributed by atoms with Crippen molar-refractivity contribution in [2.45, 2.75) is 12.3 Å². The van der Waals surface area contributed by atoms with Crippen molar-refractivity contribution in [3.05, 3.63) is 59.2 Å². The van der Waals surface area contributed by atoms with Crippen LogP contribution in [-0.2, 0) is 0 Å². The van der Waals surface area contributed by atoms with Crippen LogP contribution in [0.25, 0.3) is 11.6 Å². The van der Waals surface area contributed by atoms with Crippen molar-refractivity contribution in [3.8, 4) is 0 Å². The largest absolute Gasteiger partial charge is 0.0769 e. The molecule has 0 saturated carbocycles. The summed E-state index contributed by atoms with van der Waals surface area (Å²) in [6.45, 7) is 0. The van der Waals surface area contributed by atoms with E-state index in [1.807, 2.05) is 0 Å². The van der Waals surface area contributed by atoms with E-state index in [4.69, 9.17) is 0 Å². The number of hydrogen-bond donors (Lipinski definition) is 0. The van der Waals surface area contributed by atoms with Crippen LogP contribution in [0.4, 0.5) is 0 Å². The quantitative estimate of drug-likeness (QED) is 0.587. The first-order valence-corrected chi connectivity index (χ1v) is 5.63. The zero-order valence-corrected chi connectivity index (χ0v) is 8.48. The van der Waals surface area contributed by atoms with Gasteiger partial charge in [-0.3, -0.25) is 0 Å². The second-order valence-electron chi connectivity index (χ2n) is 4.62. The molecule has 0 nitrogen and oxygen atoms in total. The summed E-state index contributed by atoms with van der Waals surface area (Å²) >= 11 is 0. The van der Waals surface area contributed by atoms with Gasteiger partial charge in [-0.25, -0.2) is 0 Å². The molecule has 0 aromatic heterocycles. The van der Waals surface area contributed by atoms with Gasteiger partial charge in [-0.2, -0.15) is 0 Å². The average molecular weight is 192 g/mol. The van der Waals surface area contributed by atoms with Gasteiger partial charge >= 0.3 is 0 Å². The molecule has 0 saturated heterocycles. The molecule has 0 fully saturated rings. The van der Waals surface area contributed by atoms with Gasteiger partial charge in [-0.1, -0.05) is 48.6 Å². The smallest absolute Gasteiger partial charge is 0.00420 e. The van der Waals surface area contributed by atoms with Gasteiger partial charge in [0.2, 0.25) is 0 Å². The van der Waals surface area contributed by atoms with E-state index < -0.39 is 0 Å². The molecule has 0 N–H and O–H groups in total. The van der Waals surface area contributed by atoms with Gasteiger partial charge in [0.25, 0.3) is 0 Å². The molecule has 2 atom stereocenters. The molecule has 0 radical (unpaired) electrons. The van der Waals surface area contributed by atoms with E-state index in [1.165, 1.54) is 23.1 Å².